The molecule has 5 rings (SSSR count). The average Bonchev–Trinajstić information content (AvgIpc) is 3.53. The maximum absolute atomic E-state index is 13.5. The number of hydrogen-bond acceptors (Lipinski definition) is 5. The fraction of sp³-hybridized carbons (Fsp3) is 0.222. The lowest BCUT2D eigenvalue weighted by Crippen LogP contribution is -2.23. The van der Waals surface area contributed by atoms with Gasteiger partial charge in [0.05, 0.1) is 6.61 Å². The third kappa shape index (κ3) is 4.83. The van der Waals surface area contributed by atoms with Crippen molar-refractivity contribution in [3.8, 4) is 28.3 Å². The van der Waals surface area contributed by atoms with Crippen LogP contribution in [0.1, 0.15) is 29.0 Å². The van der Waals surface area contributed by atoms with E-state index in [0.29, 0.717) is 35.8 Å². The Hall–Kier alpha value is -4.00. The van der Waals surface area contributed by atoms with Gasteiger partial charge in [-0.25, -0.2) is 4.39 Å². The second-order valence-electron chi connectivity index (χ2n) is 8.37. The molecule has 2 heterocycles. The highest BCUT2D eigenvalue weighted by atomic mass is 19.1. The molecular weight excluding hydrogens is 433 g/mol. The molecule has 0 aliphatic carbocycles. The molecule has 0 spiro atoms. The van der Waals surface area contributed by atoms with E-state index in [4.69, 9.17) is 9.26 Å². The van der Waals surface area contributed by atoms with Crippen LogP contribution in [-0.4, -0.2) is 22.7 Å². The van der Waals surface area contributed by atoms with Crippen LogP contribution in [0.4, 0.5) is 4.39 Å². The summed E-state index contributed by atoms with van der Waals surface area (Å²) in [5.74, 6) is 1.35. The molecule has 3 aromatic carbocycles. The Labute approximate surface area is 196 Å². The second-order valence-corrected chi connectivity index (χ2v) is 8.37. The Bertz CT molecular complexity index is 1330. The molecule has 0 saturated carbocycles. The topological polar surface area (TPSA) is 77.2 Å². The minimum atomic E-state index is -0.280. The van der Waals surface area contributed by atoms with Crippen LogP contribution in [0.2, 0.25) is 0 Å². The number of aromatic nitrogens is 2. The van der Waals surface area contributed by atoms with E-state index in [2.05, 4.69) is 39.7 Å². The Balaban J connectivity index is 1.12. The normalized spacial score (nSPS) is 12.3. The van der Waals surface area contributed by atoms with Gasteiger partial charge in [0.1, 0.15) is 11.6 Å². The van der Waals surface area contributed by atoms with E-state index in [-0.39, 0.29) is 18.1 Å². The molecule has 34 heavy (non-hydrogen) atoms. The van der Waals surface area contributed by atoms with Crippen LogP contribution in [0.15, 0.2) is 65.2 Å². The van der Waals surface area contributed by atoms with Crippen LogP contribution in [0, 0.1) is 12.7 Å². The maximum atomic E-state index is 13.5. The average molecular weight is 458 g/mol. The fourth-order valence-electron chi connectivity index (χ4n) is 3.95. The lowest BCUT2D eigenvalue weighted by molar-refractivity contribution is -0.121. The summed E-state index contributed by atoms with van der Waals surface area (Å²) in [6, 6.07) is 19.1. The molecule has 0 radical (unpaired) electrons. The number of rotatable bonds is 7. The summed E-state index contributed by atoms with van der Waals surface area (Å²) in [4.78, 5) is 16.6. The molecule has 0 unspecified atom stereocenters. The molecule has 0 fully saturated rings. The van der Waals surface area contributed by atoms with Crippen molar-refractivity contribution in [3.05, 3.63) is 89.1 Å². The number of nitrogens with zero attached hydrogens (tertiary/aromatic N) is 2. The van der Waals surface area contributed by atoms with Crippen molar-refractivity contribution < 1.29 is 18.4 Å². The van der Waals surface area contributed by atoms with Gasteiger partial charge in [-0.15, -0.1) is 0 Å². The molecule has 0 bridgehead atoms. The molecule has 1 N–H and O–H groups in total. The zero-order valence-electron chi connectivity index (χ0n) is 18.8. The van der Waals surface area contributed by atoms with Crippen molar-refractivity contribution in [1.29, 1.82) is 0 Å². The Kier molecular flexibility index (Phi) is 6.08. The smallest absolute Gasteiger partial charge is 0.227 e. The van der Waals surface area contributed by atoms with Crippen LogP contribution in [0.25, 0.3) is 22.5 Å². The van der Waals surface area contributed by atoms with Crippen molar-refractivity contribution in [2.75, 3.05) is 6.61 Å². The molecule has 4 aromatic rings. The first-order valence-corrected chi connectivity index (χ1v) is 11.3. The number of nitrogens with one attached hydrogen (secondary N) is 1. The van der Waals surface area contributed by atoms with Crippen LogP contribution < -0.4 is 10.1 Å². The van der Waals surface area contributed by atoms with Gasteiger partial charge in [-0.3, -0.25) is 4.79 Å². The number of halogens is 1. The first kappa shape index (κ1) is 21.8. The summed E-state index contributed by atoms with van der Waals surface area (Å²) < 4.78 is 24.3. The predicted molar refractivity (Wildman–Crippen MR) is 126 cm³/mol. The minimum absolute atomic E-state index is 0.0972. The van der Waals surface area contributed by atoms with Gasteiger partial charge < -0.3 is 14.6 Å². The standard InChI is InChI=1S/C27H24FN3O3/c1-17-14-22(6-8-23(17)28)27-30-26(34-31-27)11-10-25(32)29-16-18-2-4-19(5-3-18)20-7-9-24-21(15-20)12-13-33-24/h2-9,14-15H,10-13,16H2,1H3,(H,29,32). The van der Waals surface area contributed by atoms with E-state index < -0.39 is 0 Å². The van der Waals surface area contributed by atoms with Gasteiger partial charge in [0.25, 0.3) is 0 Å². The predicted octanol–water partition coefficient (Wildman–Crippen LogP) is 5.04. The second kappa shape index (κ2) is 9.47. The SMILES string of the molecule is Cc1cc(-c2noc(CCC(=O)NCc3ccc(-c4ccc5c(c4)CCO5)cc3)n2)ccc1F. The van der Waals surface area contributed by atoms with Gasteiger partial charge in [-0.05, 0) is 65.1 Å². The summed E-state index contributed by atoms with van der Waals surface area (Å²) >= 11 is 0. The first-order chi connectivity index (χ1) is 16.5. The van der Waals surface area contributed by atoms with E-state index in [1.807, 2.05) is 18.2 Å². The van der Waals surface area contributed by atoms with Crippen molar-refractivity contribution in [1.82, 2.24) is 15.5 Å². The van der Waals surface area contributed by atoms with E-state index in [1.165, 1.54) is 11.6 Å². The van der Waals surface area contributed by atoms with Crippen LogP contribution in [-0.2, 0) is 24.2 Å². The largest absolute Gasteiger partial charge is 0.493 e. The van der Waals surface area contributed by atoms with Crippen LogP contribution in [0.5, 0.6) is 5.75 Å². The molecule has 0 atom stereocenters. The number of carbonyl (C=O) groups excluding carboxylic acids is 1. The van der Waals surface area contributed by atoms with Crippen molar-refractivity contribution >= 4 is 5.91 Å². The lowest BCUT2D eigenvalue weighted by atomic mass is 10.0. The summed E-state index contributed by atoms with van der Waals surface area (Å²) in [7, 11) is 0. The summed E-state index contributed by atoms with van der Waals surface area (Å²) in [6.45, 7) is 2.88. The highest BCUT2D eigenvalue weighted by Crippen LogP contribution is 2.30. The number of hydrogen-bond donors (Lipinski definition) is 1. The van der Waals surface area contributed by atoms with Gasteiger partial charge in [0.2, 0.25) is 17.6 Å². The number of fused-ring (bicyclic) bond motifs is 1. The molecule has 172 valence electrons. The zero-order valence-corrected chi connectivity index (χ0v) is 18.8. The fourth-order valence-corrected chi connectivity index (χ4v) is 3.95. The van der Waals surface area contributed by atoms with E-state index >= 15 is 0 Å². The van der Waals surface area contributed by atoms with E-state index in [0.717, 1.165) is 35.5 Å². The van der Waals surface area contributed by atoms with Crippen molar-refractivity contribution in [2.24, 2.45) is 0 Å². The molecule has 1 aliphatic heterocycles. The minimum Gasteiger partial charge on any atom is -0.493 e. The van der Waals surface area contributed by atoms with Gasteiger partial charge >= 0.3 is 0 Å². The molecule has 0 saturated heterocycles. The number of carbonyl (C=O) groups is 1. The van der Waals surface area contributed by atoms with Gasteiger partial charge in [-0.1, -0.05) is 35.5 Å². The number of benzene rings is 3. The highest BCUT2D eigenvalue weighted by Gasteiger charge is 2.13. The molecule has 6 nitrogen and oxygen atoms in total. The summed E-state index contributed by atoms with van der Waals surface area (Å²) in [6.07, 6.45) is 1.52. The quantitative estimate of drug-likeness (QED) is 0.421. The molecule has 1 aromatic heterocycles. The van der Waals surface area contributed by atoms with Gasteiger partial charge in [0.15, 0.2) is 0 Å². The summed E-state index contributed by atoms with van der Waals surface area (Å²) in [5.41, 5.74) is 5.75. The number of amides is 1. The summed E-state index contributed by atoms with van der Waals surface area (Å²) in [5, 5.41) is 6.86. The third-order valence-corrected chi connectivity index (χ3v) is 5.92. The molecule has 1 amide bonds. The van der Waals surface area contributed by atoms with Crippen molar-refractivity contribution in [2.45, 2.75) is 32.7 Å². The number of ether oxygens (including phenoxy) is 1. The van der Waals surface area contributed by atoms with Gasteiger partial charge in [-0.2, -0.15) is 4.98 Å². The highest BCUT2D eigenvalue weighted by molar-refractivity contribution is 5.76. The van der Waals surface area contributed by atoms with E-state index in [1.54, 1.807) is 19.1 Å². The molecule has 7 heteroatoms. The first-order valence-electron chi connectivity index (χ1n) is 11.3. The van der Waals surface area contributed by atoms with E-state index in [9.17, 15) is 9.18 Å². The third-order valence-electron chi connectivity index (χ3n) is 5.92. The Morgan fingerprint density at radius 3 is 2.65 bits per heavy atom. The monoisotopic (exact) mass is 457 g/mol. The zero-order chi connectivity index (χ0) is 23.5. The Morgan fingerprint density at radius 1 is 1.03 bits per heavy atom. The van der Waals surface area contributed by atoms with Crippen LogP contribution >= 0.6 is 0 Å². The van der Waals surface area contributed by atoms with Crippen LogP contribution in [0.3, 0.4) is 0 Å². The van der Waals surface area contributed by atoms with Gasteiger partial charge in [0, 0.05) is 31.4 Å². The lowest BCUT2D eigenvalue weighted by Gasteiger charge is -2.07. The number of aryl methyl sites for hydroxylation is 2. The maximum Gasteiger partial charge on any atom is 0.227 e. The molecular formula is C27H24FN3O3. The molecule has 1 aliphatic rings. The Morgan fingerprint density at radius 2 is 1.82 bits per heavy atom. The van der Waals surface area contributed by atoms with Crippen molar-refractivity contribution in [3.63, 3.8) is 0 Å².